The van der Waals surface area contributed by atoms with E-state index in [1.165, 1.54) is 0 Å². The highest BCUT2D eigenvalue weighted by Crippen LogP contribution is 2.33. The lowest BCUT2D eigenvalue weighted by Gasteiger charge is -2.13. The zero-order valence-corrected chi connectivity index (χ0v) is 13.8. The van der Waals surface area contributed by atoms with Crippen LogP contribution in [0.2, 0.25) is 0 Å². The molecule has 3 nitrogen and oxygen atoms in total. The van der Waals surface area contributed by atoms with Crippen LogP contribution >= 0.6 is 0 Å². The molecule has 0 heterocycles. The summed E-state index contributed by atoms with van der Waals surface area (Å²) in [7, 11) is 1.61. The Labute approximate surface area is 147 Å². The molecule has 1 N–H and O–H groups in total. The minimum absolute atomic E-state index is 0.194. The predicted molar refractivity (Wildman–Crippen MR) is 99.1 cm³/mol. The Morgan fingerprint density at radius 3 is 1.92 bits per heavy atom. The van der Waals surface area contributed by atoms with Gasteiger partial charge in [0.05, 0.1) is 12.7 Å². The van der Waals surface area contributed by atoms with E-state index in [2.05, 4.69) is 6.07 Å². The molecule has 0 aliphatic carbocycles. The normalized spacial score (nSPS) is 11.4. The molecule has 3 heteroatoms. The molecular formula is C22H17NO2. The van der Waals surface area contributed by atoms with Crippen molar-refractivity contribution in [3.8, 4) is 17.6 Å². The van der Waals surface area contributed by atoms with Gasteiger partial charge in [0.15, 0.2) is 0 Å². The van der Waals surface area contributed by atoms with Crippen molar-refractivity contribution in [3.05, 3.63) is 95.6 Å². The number of methoxy groups -OCH3 is 1. The van der Waals surface area contributed by atoms with Crippen molar-refractivity contribution in [3.63, 3.8) is 0 Å². The molecule has 0 spiro atoms. The van der Waals surface area contributed by atoms with Gasteiger partial charge in [0.1, 0.15) is 17.6 Å². The molecule has 0 aliphatic heterocycles. The molecule has 0 atom stereocenters. The number of phenols is 1. The van der Waals surface area contributed by atoms with Gasteiger partial charge in [-0.15, -0.1) is 0 Å². The lowest BCUT2D eigenvalue weighted by atomic mass is 9.90. The first kappa shape index (κ1) is 16.4. The second kappa shape index (κ2) is 7.37. The summed E-state index contributed by atoms with van der Waals surface area (Å²) in [5.41, 5.74) is 4.03. The Kier molecular flexibility index (Phi) is 4.82. The summed E-state index contributed by atoms with van der Waals surface area (Å²) in [4.78, 5) is 0. The summed E-state index contributed by atoms with van der Waals surface area (Å²) < 4.78 is 5.20. The van der Waals surface area contributed by atoms with E-state index in [1.54, 1.807) is 19.2 Å². The standard InChI is InChI=1S/C22H17NO2/c1-25-20-13-9-16(10-14-20)21(15-23)22(17-5-3-2-4-6-17)18-7-11-19(24)12-8-18/h2-14,24H,1H3. The third-order valence-electron chi connectivity index (χ3n) is 3.96. The molecular weight excluding hydrogens is 310 g/mol. The Hall–Kier alpha value is -3.51. The summed E-state index contributed by atoms with van der Waals surface area (Å²) in [6.45, 7) is 0. The highest BCUT2D eigenvalue weighted by Gasteiger charge is 2.14. The van der Waals surface area contributed by atoms with Gasteiger partial charge in [-0.25, -0.2) is 0 Å². The average molecular weight is 327 g/mol. The van der Waals surface area contributed by atoms with Gasteiger partial charge < -0.3 is 9.84 Å². The number of benzene rings is 3. The number of hydrogen-bond donors (Lipinski definition) is 1. The SMILES string of the molecule is COc1ccc(C(C#N)=C(c2ccccc2)c2ccc(O)cc2)cc1. The maximum Gasteiger partial charge on any atom is 0.118 e. The Balaban J connectivity index is 2.24. The smallest absolute Gasteiger partial charge is 0.118 e. The van der Waals surface area contributed by atoms with Crippen LogP contribution in [0.15, 0.2) is 78.9 Å². The first-order valence-corrected chi connectivity index (χ1v) is 7.86. The lowest BCUT2D eigenvalue weighted by molar-refractivity contribution is 0.415. The van der Waals surface area contributed by atoms with Crippen molar-refractivity contribution in [1.29, 1.82) is 5.26 Å². The zero-order valence-electron chi connectivity index (χ0n) is 13.8. The maximum atomic E-state index is 9.87. The lowest BCUT2D eigenvalue weighted by Crippen LogP contribution is -1.94. The Morgan fingerprint density at radius 1 is 0.800 bits per heavy atom. The summed E-state index contributed by atoms with van der Waals surface area (Å²) in [6.07, 6.45) is 0. The Bertz CT molecular complexity index is 919. The van der Waals surface area contributed by atoms with Crippen molar-refractivity contribution in [2.24, 2.45) is 0 Å². The molecule has 0 fully saturated rings. The molecule has 0 saturated carbocycles. The van der Waals surface area contributed by atoms with Crippen LogP contribution < -0.4 is 4.74 Å². The van der Waals surface area contributed by atoms with E-state index >= 15 is 0 Å². The number of rotatable bonds is 4. The van der Waals surface area contributed by atoms with Crippen LogP contribution in [-0.2, 0) is 0 Å². The number of ether oxygens (including phenoxy) is 1. The second-order valence-electron chi connectivity index (χ2n) is 5.50. The van der Waals surface area contributed by atoms with E-state index < -0.39 is 0 Å². The van der Waals surface area contributed by atoms with E-state index in [9.17, 15) is 10.4 Å². The minimum Gasteiger partial charge on any atom is -0.508 e. The topological polar surface area (TPSA) is 53.2 Å². The van der Waals surface area contributed by atoms with Crippen molar-refractivity contribution < 1.29 is 9.84 Å². The number of hydrogen-bond acceptors (Lipinski definition) is 3. The number of nitriles is 1. The summed E-state index contributed by atoms with van der Waals surface area (Å²) >= 11 is 0. The quantitative estimate of drug-likeness (QED) is 0.548. The molecule has 3 aromatic rings. The van der Waals surface area contributed by atoms with Crippen molar-refractivity contribution in [2.45, 2.75) is 0 Å². The van der Waals surface area contributed by atoms with Crippen LogP contribution in [0.4, 0.5) is 0 Å². The molecule has 0 unspecified atom stereocenters. The fourth-order valence-electron chi connectivity index (χ4n) is 2.71. The average Bonchev–Trinajstić information content (AvgIpc) is 2.68. The van der Waals surface area contributed by atoms with Gasteiger partial charge in [-0.05, 0) is 53.1 Å². The summed E-state index contributed by atoms with van der Waals surface area (Å²) in [6, 6.07) is 26.4. The molecule has 3 aromatic carbocycles. The van der Waals surface area contributed by atoms with E-state index in [0.29, 0.717) is 5.57 Å². The van der Waals surface area contributed by atoms with Gasteiger partial charge in [0, 0.05) is 5.57 Å². The molecule has 0 bridgehead atoms. The van der Waals surface area contributed by atoms with Gasteiger partial charge in [-0.3, -0.25) is 0 Å². The number of nitrogens with zero attached hydrogens (tertiary/aromatic N) is 1. The van der Waals surface area contributed by atoms with Crippen LogP contribution in [0.3, 0.4) is 0 Å². The number of aromatic hydroxyl groups is 1. The van der Waals surface area contributed by atoms with Gasteiger partial charge in [0.25, 0.3) is 0 Å². The Morgan fingerprint density at radius 2 is 1.36 bits per heavy atom. The van der Waals surface area contributed by atoms with Gasteiger partial charge >= 0.3 is 0 Å². The van der Waals surface area contributed by atoms with Crippen molar-refractivity contribution in [1.82, 2.24) is 0 Å². The largest absolute Gasteiger partial charge is 0.508 e. The molecule has 0 saturated heterocycles. The van der Waals surface area contributed by atoms with Gasteiger partial charge in [-0.2, -0.15) is 5.26 Å². The van der Waals surface area contributed by atoms with E-state index in [1.807, 2.05) is 66.7 Å². The monoisotopic (exact) mass is 327 g/mol. The molecule has 25 heavy (non-hydrogen) atoms. The van der Waals surface area contributed by atoms with Crippen LogP contribution in [0, 0.1) is 11.3 Å². The van der Waals surface area contributed by atoms with Crippen molar-refractivity contribution >= 4 is 11.1 Å². The highest BCUT2D eigenvalue weighted by atomic mass is 16.5. The maximum absolute atomic E-state index is 9.87. The van der Waals surface area contributed by atoms with Crippen LogP contribution in [0.1, 0.15) is 16.7 Å². The zero-order chi connectivity index (χ0) is 17.6. The molecule has 0 amide bonds. The molecule has 122 valence electrons. The highest BCUT2D eigenvalue weighted by molar-refractivity contribution is 6.03. The minimum atomic E-state index is 0.194. The fourth-order valence-corrected chi connectivity index (χ4v) is 2.71. The number of phenolic OH excluding ortho intramolecular Hbond substituents is 1. The third kappa shape index (κ3) is 3.54. The number of allylic oxidation sites excluding steroid dienone is 1. The molecule has 3 rings (SSSR count). The third-order valence-corrected chi connectivity index (χ3v) is 3.96. The molecule has 0 aromatic heterocycles. The van der Waals surface area contributed by atoms with Crippen LogP contribution in [0.5, 0.6) is 11.5 Å². The van der Waals surface area contributed by atoms with E-state index in [-0.39, 0.29) is 5.75 Å². The van der Waals surface area contributed by atoms with Crippen LogP contribution in [-0.4, -0.2) is 12.2 Å². The van der Waals surface area contributed by atoms with Crippen LogP contribution in [0.25, 0.3) is 11.1 Å². The second-order valence-corrected chi connectivity index (χ2v) is 5.50. The summed E-state index contributed by atoms with van der Waals surface area (Å²) in [5.74, 6) is 0.936. The van der Waals surface area contributed by atoms with Crippen molar-refractivity contribution in [2.75, 3.05) is 7.11 Å². The predicted octanol–water partition coefficient (Wildman–Crippen LogP) is 4.88. The van der Waals surface area contributed by atoms with Gasteiger partial charge in [-0.1, -0.05) is 42.5 Å². The molecule has 0 radical (unpaired) electrons. The van der Waals surface area contributed by atoms with E-state index in [0.717, 1.165) is 28.0 Å². The summed E-state index contributed by atoms with van der Waals surface area (Å²) in [5, 5.41) is 19.4. The first-order chi connectivity index (χ1) is 12.2. The first-order valence-electron chi connectivity index (χ1n) is 7.86. The van der Waals surface area contributed by atoms with E-state index in [4.69, 9.17) is 4.74 Å². The fraction of sp³-hybridized carbons (Fsp3) is 0.0455. The van der Waals surface area contributed by atoms with Gasteiger partial charge in [0.2, 0.25) is 0 Å². The molecule has 0 aliphatic rings.